The minimum Gasteiger partial charge on any atom is -0.291 e. The van der Waals surface area contributed by atoms with Crippen LogP contribution in [-0.4, -0.2) is 35.9 Å². The zero-order valence-electron chi connectivity index (χ0n) is 16.0. The molecule has 0 radical (unpaired) electrons. The molecule has 0 unspecified atom stereocenters. The van der Waals surface area contributed by atoms with Crippen LogP contribution in [-0.2, 0) is 6.42 Å². The number of hydrogen-bond acceptors (Lipinski definition) is 8. The molecule has 0 amide bonds. The number of Topliss-reactive ketones (excluding diaryl/α,β-unsaturated/α-hetero) is 1. The summed E-state index contributed by atoms with van der Waals surface area (Å²) in [7, 11) is 0. The van der Waals surface area contributed by atoms with E-state index in [1.54, 1.807) is 24.8 Å². The number of pyridine rings is 2. The first kappa shape index (κ1) is 18.9. The zero-order valence-corrected chi connectivity index (χ0v) is 16.8. The summed E-state index contributed by atoms with van der Waals surface area (Å²) in [5, 5.41) is 9.05. The average Bonchev–Trinajstić information content (AvgIpc) is 3.23. The lowest BCUT2D eigenvalue weighted by Crippen LogP contribution is -2.02. The Morgan fingerprint density at radius 3 is 2.66 bits per heavy atom. The van der Waals surface area contributed by atoms with Gasteiger partial charge in [0, 0.05) is 42.5 Å². The Balaban J connectivity index is 1.43. The van der Waals surface area contributed by atoms with Crippen molar-refractivity contribution in [2.75, 3.05) is 0 Å². The van der Waals surface area contributed by atoms with Crippen molar-refractivity contribution in [3.8, 4) is 22.0 Å². The molecule has 4 heterocycles. The molecular weight excluding hydrogens is 384 g/mol. The molecule has 4 aromatic rings. The highest BCUT2D eigenvalue weighted by atomic mass is 32.1. The van der Waals surface area contributed by atoms with Gasteiger partial charge in [-0.25, -0.2) is 0 Å². The van der Waals surface area contributed by atoms with E-state index < -0.39 is 0 Å². The van der Waals surface area contributed by atoms with Gasteiger partial charge in [0.05, 0.1) is 11.9 Å². The summed E-state index contributed by atoms with van der Waals surface area (Å²) in [6, 6.07) is 6.05. The van der Waals surface area contributed by atoms with E-state index in [-0.39, 0.29) is 5.78 Å². The van der Waals surface area contributed by atoms with E-state index in [1.807, 2.05) is 32.2 Å². The summed E-state index contributed by atoms with van der Waals surface area (Å²) >= 11 is 1.24. The van der Waals surface area contributed by atoms with Crippen molar-refractivity contribution in [1.29, 1.82) is 0 Å². The van der Waals surface area contributed by atoms with Crippen LogP contribution in [0.5, 0.6) is 0 Å². The van der Waals surface area contributed by atoms with Crippen LogP contribution < -0.4 is 0 Å². The van der Waals surface area contributed by atoms with E-state index >= 15 is 0 Å². The van der Waals surface area contributed by atoms with Crippen LogP contribution in [0, 0.1) is 13.8 Å². The topological polar surface area (TPSA) is 94.4 Å². The van der Waals surface area contributed by atoms with Crippen LogP contribution in [0.3, 0.4) is 0 Å². The summed E-state index contributed by atoms with van der Waals surface area (Å²) in [6.07, 6.45) is 9.35. The van der Waals surface area contributed by atoms with Gasteiger partial charge in [-0.2, -0.15) is 0 Å². The predicted octanol–water partition coefficient (Wildman–Crippen LogP) is 3.88. The Morgan fingerprint density at radius 2 is 1.90 bits per heavy atom. The van der Waals surface area contributed by atoms with Gasteiger partial charge in [0.15, 0.2) is 15.8 Å². The summed E-state index contributed by atoms with van der Waals surface area (Å²) < 4.78 is 0. The van der Waals surface area contributed by atoms with Gasteiger partial charge in [-0.05, 0) is 43.5 Å². The van der Waals surface area contributed by atoms with E-state index in [0.29, 0.717) is 28.6 Å². The number of aryl methyl sites for hydroxylation is 3. The second kappa shape index (κ2) is 8.32. The minimum atomic E-state index is -0.0378. The van der Waals surface area contributed by atoms with Gasteiger partial charge in [-0.1, -0.05) is 17.4 Å². The lowest BCUT2D eigenvalue weighted by atomic mass is 10.0. The molecule has 0 spiro atoms. The van der Waals surface area contributed by atoms with Gasteiger partial charge >= 0.3 is 0 Å². The first-order valence-corrected chi connectivity index (χ1v) is 9.93. The fraction of sp³-hybridized carbons (Fsp3) is 0.190. The van der Waals surface area contributed by atoms with Gasteiger partial charge in [0.1, 0.15) is 5.69 Å². The molecule has 144 valence electrons. The van der Waals surface area contributed by atoms with Crippen LogP contribution in [0.2, 0.25) is 0 Å². The zero-order chi connectivity index (χ0) is 20.2. The Kier molecular flexibility index (Phi) is 5.44. The lowest BCUT2D eigenvalue weighted by Gasteiger charge is -2.08. The Morgan fingerprint density at radius 1 is 1.00 bits per heavy atom. The molecule has 0 fully saturated rings. The highest BCUT2D eigenvalue weighted by Gasteiger charge is 2.15. The van der Waals surface area contributed by atoms with Crippen LogP contribution in [0.4, 0.5) is 0 Å². The summed E-state index contributed by atoms with van der Waals surface area (Å²) in [5.74, 6) is -0.0378. The maximum atomic E-state index is 12.5. The van der Waals surface area contributed by atoms with Crippen LogP contribution in [0.1, 0.15) is 33.0 Å². The van der Waals surface area contributed by atoms with Gasteiger partial charge in [-0.15, -0.1) is 10.2 Å². The molecule has 8 heteroatoms. The minimum absolute atomic E-state index is 0.0378. The fourth-order valence-electron chi connectivity index (χ4n) is 2.98. The number of ketones is 1. The fourth-order valence-corrected chi connectivity index (χ4v) is 3.75. The predicted molar refractivity (Wildman–Crippen MR) is 111 cm³/mol. The van der Waals surface area contributed by atoms with E-state index in [2.05, 4.69) is 36.2 Å². The molecule has 4 aromatic heterocycles. The van der Waals surface area contributed by atoms with Gasteiger partial charge in [-0.3, -0.25) is 24.7 Å². The smallest absolute Gasteiger partial charge is 0.193 e. The third-order valence-electron chi connectivity index (χ3n) is 4.39. The third kappa shape index (κ3) is 4.38. The van der Waals surface area contributed by atoms with E-state index in [4.69, 9.17) is 0 Å². The molecule has 7 nitrogen and oxygen atoms in total. The van der Waals surface area contributed by atoms with Crippen molar-refractivity contribution in [2.45, 2.75) is 26.7 Å². The summed E-state index contributed by atoms with van der Waals surface area (Å²) in [6.45, 7) is 3.99. The van der Waals surface area contributed by atoms with Crippen LogP contribution >= 0.6 is 11.3 Å². The van der Waals surface area contributed by atoms with Crippen molar-refractivity contribution in [2.24, 2.45) is 0 Å². The SMILES string of the molecule is Cc1cc(-c2ncc(CCC(=O)c3nnc(-c4cnccn4)s3)cc2C)ccn1. The molecule has 0 aliphatic carbocycles. The number of hydrogen-bond donors (Lipinski definition) is 0. The molecule has 0 saturated carbocycles. The molecule has 0 aliphatic rings. The van der Waals surface area contributed by atoms with Crippen molar-refractivity contribution in [1.82, 2.24) is 30.1 Å². The number of carbonyl (C=O) groups excluding carboxylic acids is 1. The molecule has 0 aliphatic heterocycles. The maximum absolute atomic E-state index is 12.5. The lowest BCUT2D eigenvalue weighted by molar-refractivity contribution is 0.0981. The van der Waals surface area contributed by atoms with Gasteiger partial charge < -0.3 is 0 Å². The van der Waals surface area contributed by atoms with Crippen LogP contribution in [0.15, 0.2) is 49.2 Å². The molecule has 0 atom stereocenters. The molecule has 0 bridgehead atoms. The first-order chi connectivity index (χ1) is 14.1. The van der Waals surface area contributed by atoms with Gasteiger partial charge in [0.2, 0.25) is 0 Å². The van der Waals surface area contributed by atoms with E-state index in [0.717, 1.165) is 28.1 Å². The average molecular weight is 402 g/mol. The quantitative estimate of drug-likeness (QED) is 0.452. The van der Waals surface area contributed by atoms with Crippen molar-refractivity contribution < 1.29 is 4.79 Å². The third-order valence-corrected chi connectivity index (χ3v) is 5.38. The second-order valence-corrected chi connectivity index (χ2v) is 7.60. The molecule has 0 saturated heterocycles. The van der Waals surface area contributed by atoms with Crippen molar-refractivity contribution in [3.05, 3.63) is 71.0 Å². The normalized spacial score (nSPS) is 10.8. The molecular formula is C21H18N6OS. The Labute approximate surface area is 172 Å². The van der Waals surface area contributed by atoms with Crippen LogP contribution in [0.25, 0.3) is 22.0 Å². The van der Waals surface area contributed by atoms with Crippen molar-refractivity contribution in [3.63, 3.8) is 0 Å². The standard InChI is InChI=1S/C21H18N6OS/c1-13-9-15(11-25-19(13)16-5-6-23-14(2)10-16)3-4-18(28)21-27-26-20(29-21)17-12-22-7-8-24-17/h5-12H,3-4H2,1-2H3. The number of carbonyl (C=O) groups is 1. The summed E-state index contributed by atoms with van der Waals surface area (Å²) in [4.78, 5) is 29.6. The monoisotopic (exact) mass is 402 g/mol. The number of aromatic nitrogens is 6. The first-order valence-electron chi connectivity index (χ1n) is 9.12. The molecule has 0 aromatic carbocycles. The summed E-state index contributed by atoms with van der Waals surface area (Å²) in [5.41, 5.74) is 5.64. The number of nitrogens with zero attached hydrogens (tertiary/aromatic N) is 6. The largest absolute Gasteiger partial charge is 0.291 e. The maximum Gasteiger partial charge on any atom is 0.193 e. The Bertz CT molecular complexity index is 1160. The van der Waals surface area contributed by atoms with Gasteiger partial charge in [0.25, 0.3) is 0 Å². The highest BCUT2D eigenvalue weighted by molar-refractivity contribution is 7.16. The number of rotatable bonds is 6. The van der Waals surface area contributed by atoms with E-state index in [9.17, 15) is 4.79 Å². The second-order valence-electron chi connectivity index (χ2n) is 6.62. The molecule has 0 N–H and O–H groups in total. The molecule has 4 rings (SSSR count). The van der Waals surface area contributed by atoms with E-state index in [1.165, 1.54) is 11.3 Å². The van der Waals surface area contributed by atoms with Crippen molar-refractivity contribution >= 4 is 17.1 Å². The highest BCUT2D eigenvalue weighted by Crippen LogP contribution is 2.24. The Hall–Kier alpha value is -3.39. The molecule has 29 heavy (non-hydrogen) atoms.